The first-order chi connectivity index (χ1) is 10.2. The highest BCUT2D eigenvalue weighted by Gasteiger charge is 2.18. The Hall–Kier alpha value is -1.46. The summed E-state index contributed by atoms with van der Waals surface area (Å²) >= 11 is 7.56. The summed E-state index contributed by atoms with van der Waals surface area (Å²) in [7, 11) is 0. The van der Waals surface area contributed by atoms with Crippen LogP contribution in [0.1, 0.15) is 46.4 Å². The second-order valence-electron chi connectivity index (χ2n) is 5.12. The number of nitrogens with zero attached hydrogens (tertiary/aromatic N) is 2. The number of carbonyl (C=O) groups is 1. The Kier molecular flexibility index (Phi) is 4.22. The predicted molar refractivity (Wildman–Crippen MR) is 85.3 cm³/mol. The van der Waals surface area contributed by atoms with E-state index in [9.17, 15) is 4.79 Å². The quantitative estimate of drug-likeness (QED) is 0.869. The van der Waals surface area contributed by atoms with Crippen LogP contribution in [-0.2, 0) is 19.3 Å². The van der Waals surface area contributed by atoms with Gasteiger partial charge in [0.05, 0.1) is 5.69 Å². The van der Waals surface area contributed by atoms with Gasteiger partial charge in [0, 0.05) is 16.1 Å². The molecule has 2 aromatic rings. The highest BCUT2D eigenvalue weighted by molar-refractivity contribution is 7.16. The van der Waals surface area contributed by atoms with Crippen LogP contribution in [0.3, 0.4) is 0 Å². The zero-order chi connectivity index (χ0) is 14.8. The summed E-state index contributed by atoms with van der Waals surface area (Å²) in [5.74, 6) is -0.177. The summed E-state index contributed by atoms with van der Waals surface area (Å²) in [6.45, 7) is 2.07. The minimum atomic E-state index is -0.177. The smallest absolute Gasteiger partial charge is 0.257 e. The number of hydrogen-bond acceptors (Lipinski definition) is 4. The molecule has 0 saturated carbocycles. The average Bonchev–Trinajstić information content (AvgIpc) is 2.99. The van der Waals surface area contributed by atoms with Gasteiger partial charge in [0.1, 0.15) is 5.15 Å². The lowest BCUT2D eigenvalue weighted by Gasteiger charge is -2.05. The average molecular weight is 322 g/mol. The fourth-order valence-corrected chi connectivity index (χ4v) is 3.75. The van der Waals surface area contributed by atoms with E-state index >= 15 is 0 Å². The Morgan fingerprint density at radius 1 is 1.38 bits per heavy atom. The molecule has 2 aromatic heterocycles. The number of pyridine rings is 1. The van der Waals surface area contributed by atoms with Gasteiger partial charge < -0.3 is 0 Å². The Morgan fingerprint density at radius 2 is 2.24 bits per heavy atom. The Bertz CT molecular complexity index is 662. The van der Waals surface area contributed by atoms with Crippen molar-refractivity contribution in [2.24, 2.45) is 0 Å². The van der Waals surface area contributed by atoms with E-state index in [0.29, 0.717) is 15.8 Å². The van der Waals surface area contributed by atoms with E-state index in [4.69, 9.17) is 11.6 Å². The molecular formula is C15H16ClN3OS. The van der Waals surface area contributed by atoms with Crippen molar-refractivity contribution < 1.29 is 4.79 Å². The molecule has 0 aliphatic heterocycles. The second kappa shape index (κ2) is 6.12. The molecule has 0 spiro atoms. The first kappa shape index (κ1) is 14.5. The number of hydrogen-bond donors (Lipinski definition) is 1. The predicted octanol–water partition coefficient (Wildman–Crippen LogP) is 3.89. The summed E-state index contributed by atoms with van der Waals surface area (Å²) in [4.78, 5) is 22.3. The number of fused-ring (bicyclic) bond motifs is 1. The van der Waals surface area contributed by atoms with Crippen LogP contribution in [-0.4, -0.2) is 15.9 Å². The third-order valence-electron chi connectivity index (χ3n) is 3.43. The molecule has 0 radical (unpaired) electrons. The van der Waals surface area contributed by atoms with Crippen LogP contribution >= 0.6 is 22.9 Å². The monoisotopic (exact) mass is 321 g/mol. The third-order valence-corrected chi connectivity index (χ3v) is 4.70. The molecule has 110 valence electrons. The van der Waals surface area contributed by atoms with E-state index in [1.807, 2.05) is 0 Å². The van der Waals surface area contributed by atoms with E-state index < -0.39 is 0 Å². The molecule has 0 bridgehead atoms. The molecule has 0 saturated heterocycles. The Morgan fingerprint density at radius 3 is 3.00 bits per heavy atom. The second-order valence-corrected chi connectivity index (χ2v) is 6.59. The molecule has 0 aromatic carbocycles. The molecule has 2 heterocycles. The molecule has 1 amide bonds. The molecule has 0 atom stereocenters. The fourth-order valence-electron chi connectivity index (χ4n) is 2.48. The normalized spacial score (nSPS) is 13.2. The van der Waals surface area contributed by atoms with Crippen molar-refractivity contribution in [2.75, 3.05) is 5.32 Å². The van der Waals surface area contributed by atoms with Crippen molar-refractivity contribution in [1.82, 2.24) is 9.97 Å². The number of amides is 1. The Labute approximate surface area is 132 Å². The van der Waals surface area contributed by atoms with Crippen molar-refractivity contribution in [3.63, 3.8) is 0 Å². The number of rotatable bonds is 4. The molecule has 4 nitrogen and oxygen atoms in total. The Balaban J connectivity index is 1.78. The van der Waals surface area contributed by atoms with Gasteiger partial charge in [0.15, 0.2) is 5.13 Å². The minimum absolute atomic E-state index is 0.177. The molecule has 0 fully saturated rings. The molecule has 3 rings (SSSR count). The van der Waals surface area contributed by atoms with Crippen LogP contribution in [0.2, 0.25) is 5.15 Å². The van der Waals surface area contributed by atoms with Gasteiger partial charge in [0.25, 0.3) is 5.91 Å². The summed E-state index contributed by atoms with van der Waals surface area (Å²) in [6.07, 6.45) is 5.04. The van der Waals surface area contributed by atoms with Gasteiger partial charge in [-0.2, -0.15) is 0 Å². The van der Waals surface area contributed by atoms with Crippen molar-refractivity contribution in [2.45, 2.75) is 39.0 Å². The summed E-state index contributed by atoms with van der Waals surface area (Å²) < 4.78 is 0. The lowest BCUT2D eigenvalue weighted by Crippen LogP contribution is -2.12. The van der Waals surface area contributed by atoms with Crippen molar-refractivity contribution in [3.05, 3.63) is 39.1 Å². The van der Waals surface area contributed by atoms with Crippen LogP contribution in [0.5, 0.6) is 0 Å². The van der Waals surface area contributed by atoms with Gasteiger partial charge in [0.2, 0.25) is 0 Å². The standard InChI is InChI=1S/C15H16ClN3OS/c1-2-4-10-7-9(8-13(16)17-10)14(20)19-15-18-11-5-3-6-12(11)21-15/h7-8H,2-6H2,1H3,(H,18,19,20). The van der Waals surface area contributed by atoms with E-state index in [1.54, 1.807) is 23.5 Å². The molecule has 0 unspecified atom stereocenters. The molecule has 6 heteroatoms. The minimum Gasteiger partial charge on any atom is -0.298 e. The van der Waals surface area contributed by atoms with Crippen molar-refractivity contribution in [3.8, 4) is 0 Å². The number of halogens is 1. The van der Waals surface area contributed by atoms with Gasteiger partial charge in [-0.1, -0.05) is 24.9 Å². The lowest BCUT2D eigenvalue weighted by molar-refractivity contribution is 0.102. The molecular weight excluding hydrogens is 306 g/mol. The number of anilines is 1. The zero-order valence-corrected chi connectivity index (χ0v) is 13.4. The molecule has 1 N–H and O–H groups in total. The zero-order valence-electron chi connectivity index (χ0n) is 11.8. The van der Waals surface area contributed by atoms with E-state index in [0.717, 1.165) is 37.1 Å². The largest absolute Gasteiger partial charge is 0.298 e. The van der Waals surface area contributed by atoms with Crippen LogP contribution < -0.4 is 5.32 Å². The molecule has 1 aliphatic carbocycles. The fraction of sp³-hybridized carbons (Fsp3) is 0.400. The molecule has 21 heavy (non-hydrogen) atoms. The van der Waals surface area contributed by atoms with Gasteiger partial charge in [-0.25, -0.2) is 9.97 Å². The van der Waals surface area contributed by atoms with E-state index in [-0.39, 0.29) is 5.91 Å². The van der Waals surface area contributed by atoms with Crippen molar-refractivity contribution in [1.29, 1.82) is 0 Å². The lowest BCUT2D eigenvalue weighted by atomic mass is 10.1. The van der Waals surface area contributed by atoms with Crippen LogP contribution in [0.4, 0.5) is 5.13 Å². The van der Waals surface area contributed by atoms with Crippen LogP contribution in [0, 0.1) is 0 Å². The van der Waals surface area contributed by atoms with Gasteiger partial charge in [-0.3, -0.25) is 10.1 Å². The van der Waals surface area contributed by atoms with Crippen LogP contribution in [0.25, 0.3) is 0 Å². The number of nitrogens with one attached hydrogen (secondary N) is 1. The summed E-state index contributed by atoms with van der Waals surface area (Å²) in [5, 5.41) is 3.90. The van der Waals surface area contributed by atoms with E-state index in [2.05, 4.69) is 22.2 Å². The van der Waals surface area contributed by atoms with Gasteiger partial charge >= 0.3 is 0 Å². The van der Waals surface area contributed by atoms with Gasteiger partial charge in [-0.05, 0) is 37.8 Å². The number of aromatic nitrogens is 2. The SMILES string of the molecule is CCCc1cc(C(=O)Nc2nc3c(s2)CCC3)cc(Cl)n1. The highest BCUT2D eigenvalue weighted by Crippen LogP contribution is 2.30. The summed E-state index contributed by atoms with van der Waals surface area (Å²) in [5.41, 5.74) is 2.51. The highest BCUT2D eigenvalue weighted by atomic mass is 35.5. The first-order valence-corrected chi connectivity index (χ1v) is 8.31. The maximum atomic E-state index is 12.3. The number of thiazole rings is 1. The van der Waals surface area contributed by atoms with Gasteiger partial charge in [-0.15, -0.1) is 11.3 Å². The number of carbonyl (C=O) groups excluding carboxylic acids is 1. The third kappa shape index (κ3) is 3.24. The maximum Gasteiger partial charge on any atom is 0.257 e. The molecule has 1 aliphatic rings. The summed E-state index contributed by atoms with van der Waals surface area (Å²) in [6, 6.07) is 3.39. The van der Waals surface area contributed by atoms with Crippen LogP contribution in [0.15, 0.2) is 12.1 Å². The van der Waals surface area contributed by atoms with Crippen molar-refractivity contribution >= 4 is 34.0 Å². The van der Waals surface area contributed by atoms with E-state index in [1.165, 1.54) is 11.3 Å². The number of aryl methyl sites for hydroxylation is 3. The first-order valence-electron chi connectivity index (χ1n) is 7.12. The topological polar surface area (TPSA) is 54.9 Å². The maximum absolute atomic E-state index is 12.3.